The van der Waals surface area contributed by atoms with Crippen molar-refractivity contribution in [1.29, 1.82) is 0 Å². The zero-order valence-electron chi connectivity index (χ0n) is 20.0. The fourth-order valence-corrected chi connectivity index (χ4v) is 5.80. The largest absolute Gasteiger partial charge is 0.392 e. The highest BCUT2D eigenvalue weighted by Crippen LogP contribution is 2.48. The molecule has 0 bridgehead atoms. The Morgan fingerprint density at radius 3 is 2.92 bits per heavy atom. The van der Waals surface area contributed by atoms with Gasteiger partial charge in [0, 0.05) is 28.3 Å². The Labute approximate surface area is 222 Å². The molecule has 3 atom stereocenters. The van der Waals surface area contributed by atoms with Gasteiger partial charge in [-0.1, -0.05) is 42.0 Å². The number of nitrogens with zero attached hydrogens (tertiary/aromatic N) is 2. The first kappa shape index (κ1) is 25.6. The van der Waals surface area contributed by atoms with Crippen molar-refractivity contribution in [1.82, 2.24) is 4.90 Å². The van der Waals surface area contributed by atoms with Gasteiger partial charge in [-0.25, -0.2) is 13.2 Å². The Morgan fingerprint density at radius 1 is 1.38 bits per heavy atom. The smallest absolute Gasteiger partial charge is 0.152 e. The molecule has 1 aliphatic carbocycles. The van der Waals surface area contributed by atoms with Gasteiger partial charge in [-0.3, -0.25) is 4.99 Å². The highest BCUT2D eigenvalue weighted by Gasteiger charge is 2.46. The number of benzene rings is 1. The normalized spacial score (nSPS) is 24.2. The van der Waals surface area contributed by atoms with Gasteiger partial charge < -0.3 is 10.0 Å². The van der Waals surface area contributed by atoms with Crippen LogP contribution in [0.2, 0.25) is 5.02 Å². The molecule has 3 nitrogen and oxygen atoms in total. The zero-order chi connectivity index (χ0) is 26.2. The third-order valence-electron chi connectivity index (χ3n) is 6.52. The van der Waals surface area contributed by atoms with E-state index in [4.69, 9.17) is 16.6 Å². The van der Waals surface area contributed by atoms with Gasteiger partial charge in [0.05, 0.1) is 18.0 Å². The number of aliphatic imine (C=N–C) groups is 1. The summed E-state index contributed by atoms with van der Waals surface area (Å²) in [6.45, 7) is 1.19. The molecule has 8 heteroatoms. The van der Waals surface area contributed by atoms with E-state index in [-0.39, 0.29) is 24.6 Å². The van der Waals surface area contributed by atoms with Gasteiger partial charge in [0.1, 0.15) is 23.9 Å². The Hall–Kier alpha value is -3.09. The molecule has 1 N–H and O–H groups in total. The average Bonchev–Trinajstić information content (AvgIpc) is 3.44. The molecular formula is C29H24ClF3N2OS. The van der Waals surface area contributed by atoms with Gasteiger partial charge in [0.15, 0.2) is 5.67 Å². The number of rotatable bonds is 6. The molecule has 1 saturated heterocycles. The van der Waals surface area contributed by atoms with Crippen LogP contribution in [0.5, 0.6) is 0 Å². The number of aliphatic hydroxyl groups excluding tert-OH is 1. The molecule has 0 saturated carbocycles. The second-order valence-electron chi connectivity index (χ2n) is 9.09. The number of aliphatic hydroxyl groups is 1. The van der Waals surface area contributed by atoms with Crippen molar-refractivity contribution in [3.63, 3.8) is 0 Å². The number of hydrogen-bond acceptors (Lipinski definition) is 4. The summed E-state index contributed by atoms with van der Waals surface area (Å²) in [6.07, 6.45) is 8.42. The van der Waals surface area contributed by atoms with Gasteiger partial charge in [-0.15, -0.1) is 17.1 Å². The number of alkyl halides is 2. The van der Waals surface area contributed by atoms with Crippen LogP contribution in [0, 0.1) is 5.82 Å². The molecule has 3 heterocycles. The molecule has 37 heavy (non-hydrogen) atoms. The Kier molecular flexibility index (Phi) is 7.15. The number of halogens is 4. The maximum Gasteiger partial charge on any atom is 0.152 e. The van der Waals surface area contributed by atoms with Crippen molar-refractivity contribution in [2.24, 2.45) is 4.99 Å². The summed E-state index contributed by atoms with van der Waals surface area (Å²) in [5.41, 5.74) is 4.44. The molecule has 1 aromatic carbocycles. The van der Waals surface area contributed by atoms with Gasteiger partial charge >= 0.3 is 0 Å². The summed E-state index contributed by atoms with van der Waals surface area (Å²) in [6, 6.07) is 7.30. The van der Waals surface area contributed by atoms with Crippen LogP contribution in [0.3, 0.4) is 0 Å². The molecule has 2 aliphatic heterocycles. The monoisotopic (exact) mass is 540 g/mol. The van der Waals surface area contributed by atoms with Crippen molar-refractivity contribution in [2.75, 3.05) is 13.2 Å². The first-order valence-electron chi connectivity index (χ1n) is 11.8. The van der Waals surface area contributed by atoms with Crippen LogP contribution in [-0.2, 0) is 0 Å². The molecule has 5 rings (SSSR count). The summed E-state index contributed by atoms with van der Waals surface area (Å²) in [5, 5.41) is 11.4. The minimum atomic E-state index is -1.75. The highest BCUT2D eigenvalue weighted by molar-refractivity contribution is 7.12. The molecule has 1 fully saturated rings. The lowest BCUT2D eigenvalue weighted by molar-refractivity contribution is 0.242. The van der Waals surface area contributed by atoms with Gasteiger partial charge in [0.2, 0.25) is 0 Å². The third-order valence-corrected chi connectivity index (χ3v) is 7.71. The van der Waals surface area contributed by atoms with Crippen molar-refractivity contribution in [3.8, 4) is 0 Å². The molecule has 2 aromatic rings. The standard InChI is InChI=1S/C29H24ClF3N2OS/c1-18(31)19-5-2-6-20(9-8-19)26-24-16-29(33,12-4-13-36)17-35(24)28(25-7-3-14-37-25)34-27(26)22-11-10-21(32)15-23(22)30/h2-8,10-12,14-15,18,27,36H,13,16-17H2,1H3/b12-4+/t18?,27-,29-/m0/s1. The molecule has 3 aliphatic rings. The molecule has 1 unspecified atom stereocenters. The van der Waals surface area contributed by atoms with Crippen molar-refractivity contribution < 1.29 is 18.3 Å². The van der Waals surface area contributed by atoms with E-state index in [0.717, 1.165) is 4.88 Å². The van der Waals surface area contributed by atoms with E-state index in [1.165, 1.54) is 42.5 Å². The lowest BCUT2D eigenvalue weighted by Gasteiger charge is -2.33. The van der Waals surface area contributed by atoms with E-state index in [9.17, 15) is 13.9 Å². The van der Waals surface area contributed by atoms with Crippen LogP contribution in [0.15, 0.2) is 105 Å². The van der Waals surface area contributed by atoms with Gasteiger partial charge in [0.25, 0.3) is 0 Å². The Balaban J connectivity index is 1.76. The lowest BCUT2D eigenvalue weighted by atomic mass is 9.88. The van der Waals surface area contributed by atoms with Crippen LogP contribution in [-0.4, -0.2) is 40.8 Å². The van der Waals surface area contributed by atoms with Crippen LogP contribution in [0.25, 0.3) is 0 Å². The van der Waals surface area contributed by atoms with Crippen molar-refractivity contribution >= 4 is 28.8 Å². The Morgan fingerprint density at radius 2 is 2.22 bits per heavy atom. The maximum atomic E-state index is 16.2. The van der Waals surface area contributed by atoms with Gasteiger partial charge in [-0.2, -0.15) is 0 Å². The first-order valence-corrected chi connectivity index (χ1v) is 13.1. The second kappa shape index (κ2) is 10.3. The summed E-state index contributed by atoms with van der Waals surface area (Å²) in [5.74, 6) is 0.120. The van der Waals surface area contributed by atoms with E-state index in [1.807, 2.05) is 22.4 Å². The number of amidine groups is 1. The topological polar surface area (TPSA) is 35.8 Å². The SMILES string of the molecule is CC(F)C1=CC=CC(C2=C3C[C@@](F)(/C=C/CO)CN3C(c3cccs3)=N[C@H]2c2ccc(F)cc2Cl)=C=C1. The molecule has 0 amide bonds. The summed E-state index contributed by atoms with van der Waals surface area (Å²) in [7, 11) is 0. The maximum absolute atomic E-state index is 16.2. The summed E-state index contributed by atoms with van der Waals surface area (Å²) < 4.78 is 44.2. The summed E-state index contributed by atoms with van der Waals surface area (Å²) >= 11 is 8.02. The van der Waals surface area contributed by atoms with E-state index < -0.39 is 23.7 Å². The predicted octanol–water partition coefficient (Wildman–Crippen LogP) is 7.19. The Bertz CT molecular complexity index is 1430. The number of hydrogen-bond donors (Lipinski definition) is 1. The zero-order valence-corrected chi connectivity index (χ0v) is 21.5. The second-order valence-corrected chi connectivity index (χ2v) is 10.4. The fourth-order valence-electron chi connectivity index (χ4n) is 4.80. The van der Waals surface area contributed by atoms with Crippen LogP contribution < -0.4 is 0 Å². The van der Waals surface area contributed by atoms with Crippen molar-refractivity contribution in [3.05, 3.63) is 122 Å². The minimum absolute atomic E-state index is 0.00859. The number of fused-ring (bicyclic) bond motifs is 1. The van der Waals surface area contributed by atoms with E-state index in [0.29, 0.717) is 33.8 Å². The van der Waals surface area contributed by atoms with E-state index >= 15 is 4.39 Å². The molecule has 190 valence electrons. The molecule has 0 spiro atoms. The summed E-state index contributed by atoms with van der Waals surface area (Å²) in [4.78, 5) is 7.77. The van der Waals surface area contributed by atoms with Crippen LogP contribution in [0.4, 0.5) is 13.2 Å². The average molecular weight is 541 g/mol. The molecule has 1 aromatic heterocycles. The molecule has 0 radical (unpaired) electrons. The number of thiophene rings is 1. The minimum Gasteiger partial charge on any atom is -0.392 e. The molecular weight excluding hydrogens is 517 g/mol. The van der Waals surface area contributed by atoms with E-state index in [2.05, 4.69) is 5.73 Å². The fraction of sp³-hybridized carbons (Fsp3) is 0.241. The van der Waals surface area contributed by atoms with Crippen LogP contribution >= 0.6 is 22.9 Å². The van der Waals surface area contributed by atoms with Crippen molar-refractivity contribution in [2.45, 2.75) is 31.2 Å². The highest BCUT2D eigenvalue weighted by atomic mass is 35.5. The predicted molar refractivity (Wildman–Crippen MR) is 143 cm³/mol. The lowest BCUT2D eigenvalue weighted by Crippen LogP contribution is -2.35. The third kappa shape index (κ3) is 5.05. The van der Waals surface area contributed by atoms with E-state index in [1.54, 1.807) is 30.4 Å². The van der Waals surface area contributed by atoms with Crippen LogP contribution in [0.1, 0.15) is 29.8 Å². The van der Waals surface area contributed by atoms with Gasteiger partial charge in [-0.05, 0) is 59.9 Å². The number of allylic oxidation sites excluding steroid dienone is 5. The first-order chi connectivity index (χ1) is 17.8. The quantitative estimate of drug-likeness (QED) is 0.311.